The molecule has 0 amide bonds. The van der Waals surface area contributed by atoms with Gasteiger partial charge >= 0.3 is 0 Å². The van der Waals surface area contributed by atoms with Crippen molar-refractivity contribution in [2.24, 2.45) is 17.6 Å². The molecule has 0 saturated heterocycles. The summed E-state index contributed by atoms with van der Waals surface area (Å²) in [5.41, 5.74) is 10.8. The van der Waals surface area contributed by atoms with Gasteiger partial charge in [-0.2, -0.15) is 0 Å². The number of nitrogens with zero attached hydrogens (tertiary/aromatic N) is 1. The summed E-state index contributed by atoms with van der Waals surface area (Å²) < 4.78 is 0. The third kappa shape index (κ3) is 2.85. The van der Waals surface area contributed by atoms with E-state index in [2.05, 4.69) is 36.9 Å². The molecule has 0 spiro atoms. The van der Waals surface area contributed by atoms with Crippen molar-refractivity contribution in [1.29, 1.82) is 0 Å². The van der Waals surface area contributed by atoms with E-state index in [9.17, 15) is 0 Å². The van der Waals surface area contributed by atoms with E-state index >= 15 is 0 Å². The molecule has 1 aromatic rings. The van der Waals surface area contributed by atoms with Gasteiger partial charge in [-0.3, -0.25) is 0 Å². The Balaban J connectivity index is 1.75. The highest BCUT2D eigenvalue weighted by Crippen LogP contribution is 2.33. The molecule has 1 aliphatic carbocycles. The summed E-state index contributed by atoms with van der Waals surface area (Å²) in [7, 11) is 0. The van der Waals surface area contributed by atoms with Crippen molar-refractivity contribution >= 4 is 5.69 Å². The zero-order chi connectivity index (χ0) is 14.1. The molecule has 3 atom stereocenters. The molecule has 2 N–H and O–H groups in total. The molecule has 1 saturated carbocycles. The van der Waals surface area contributed by atoms with Crippen molar-refractivity contribution in [3.8, 4) is 0 Å². The first kappa shape index (κ1) is 13.9. The quantitative estimate of drug-likeness (QED) is 0.892. The third-order valence-electron chi connectivity index (χ3n) is 5.21. The Morgan fingerprint density at radius 1 is 1.30 bits per heavy atom. The Bertz CT molecular complexity index is 468. The van der Waals surface area contributed by atoms with E-state index < -0.39 is 0 Å². The molecule has 110 valence electrons. The first-order valence-corrected chi connectivity index (χ1v) is 8.23. The lowest BCUT2D eigenvalue weighted by molar-refractivity contribution is 0.247. The number of rotatable bonds is 2. The maximum absolute atomic E-state index is 6.38. The standard InChI is InChI=1S/C18H28N2/c1-13-5-7-17(19)16(11-13)12-20-9-3-4-15-10-14(2)6-8-18(15)20/h6,8,10,13,16-17H,3-5,7,9,11-12,19H2,1-2H3. The summed E-state index contributed by atoms with van der Waals surface area (Å²) in [6.45, 7) is 6.93. The molecular weight excluding hydrogens is 244 g/mol. The molecule has 0 radical (unpaired) electrons. The normalized spacial score (nSPS) is 30.1. The van der Waals surface area contributed by atoms with Gasteiger partial charge in [0.25, 0.3) is 0 Å². The summed E-state index contributed by atoms with van der Waals surface area (Å²) in [5.74, 6) is 1.52. The molecule has 2 heteroatoms. The van der Waals surface area contributed by atoms with Crippen LogP contribution in [-0.2, 0) is 6.42 Å². The second-order valence-corrected chi connectivity index (χ2v) is 7.02. The van der Waals surface area contributed by atoms with Gasteiger partial charge in [0.15, 0.2) is 0 Å². The molecule has 1 aliphatic heterocycles. The molecule has 3 unspecified atom stereocenters. The van der Waals surface area contributed by atoms with Gasteiger partial charge in [-0.1, -0.05) is 24.6 Å². The Morgan fingerprint density at radius 3 is 3.00 bits per heavy atom. The highest BCUT2D eigenvalue weighted by atomic mass is 15.1. The molecular formula is C18H28N2. The van der Waals surface area contributed by atoms with Gasteiger partial charge < -0.3 is 10.6 Å². The van der Waals surface area contributed by atoms with Crippen molar-refractivity contribution in [2.75, 3.05) is 18.0 Å². The summed E-state index contributed by atoms with van der Waals surface area (Å²) in [5, 5.41) is 0. The number of hydrogen-bond acceptors (Lipinski definition) is 2. The fourth-order valence-electron chi connectivity index (χ4n) is 4.01. The van der Waals surface area contributed by atoms with E-state index in [1.807, 2.05) is 0 Å². The number of nitrogens with two attached hydrogens (primary N) is 1. The van der Waals surface area contributed by atoms with E-state index in [0.717, 1.165) is 12.5 Å². The van der Waals surface area contributed by atoms with Gasteiger partial charge in [0, 0.05) is 24.8 Å². The topological polar surface area (TPSA) is 29.3 Å². The van der Waals surface area contributed by atoms with Crippen LogP contribution in [0.4, 0.5) is 5.69 Å². The van der Waals surface area contributed by atoms with Gasteiger partial charge in [-0.15, -0.1) is 0 Å². The monoisotopic (exact) mass is 272 g/mol. The maximum atomic E-state index is 6.38. The van der Waals surface area contributed by atoms with Crippen LogP contribution in [0.5, 0.6) is 0 Å². The average molecular weight is 272 g/mol. The third-order valence-corrected chi connectivity index (χ3v) is 5.21. The van der Waals surface area contributed by atoms with Crippen LogP contribution in [0, 0.1) is 18.8 Å². The van der Waals surface area contributed by atoms with Crippen LogP contribution in [0.3, 0.4) is 0 Å². The maximum Gasteiger partial charge on any atom is 0.0399 e. The molecule has 1 aromatic carbocycles. The van der Waals surface area contributed by atoms with Crippen LogP contribution in [0.1, 0.15) is 43.7 Å². The molecule has 2 nitrogen and oxygen atoms in total. The zero-order valence-corrected chi connectivity index (χ0v) is 12.9. The molecule has 20 heavy (non-hydrogen) atoms. The minimum Gasteiger partial charge on any atom is -0.371 e. The fourth-order valence-corrected chi connectivity index (χ4v) is 4.01. The molecule has 0 aromatic heterocycles. The van der Waals surface area contributed by atoms with Crippen molar-refractivity contribution in [2.45, 2.75) is 52.0 Å². The van der Waals surface area contributed by atoms with Crippen LogP contribution in [-0.4, -0.2) is 19.1 Å². The van der Waals surface area contributed by atoms with Crippen LogP contribution >= 0.6 is 0 Å². The minimum atomic E-state index is 0.405. The zero-order valence-electron chi connectivity index (χ0n) is 12.9. The van der Waals surface area contributed by atoms with Gasteiger partial charge in [0.05, 0.1) is 0 Å². The van der Waals surface area contributed by atoms with Crippen molar-refractivity contribution < 1.29 is 0 Å². The van der Waals surface area contributed by atoms with Gasteiger partial charge in [-0.25, -0.2) is 0 Å². The second kappa shape index (κ2) is 5.77. The lowest BCUT2D eigenvalue weighted by Gasteiger charge is -2.39. The Hall–Kier alpha value is -1.02. The number of anilines is 1. The van der Waals surface area contributed by atoms with E-state index in [1.54, 1.807) is 0 Å². The lowest BCUT2D eigenvalue weighted by atomic mass is 9.78. The van der Waals surface area contributed by atoms with Crippen LogP contribution < -0.4 is 10.6 Å². The lowest BCUT2D eigenvalue weighted by Crippen LogP contribution is -2.44. The van der Waals surface area contributed by atoms with Crippen LogP contribution in [0.25, 0.3) is 0 Å². The SMILES string of the molecule is Cc1ccc2c(c1)CCCN2CC1CC(C)CCC1N. The predicted octanol–water partition coefficient (Wildman–Crippen LogP) is 3.51. The predicted molar refractivity (Wildman–Crippen MR) is 86.2 cm³/mol. The highest BCUT2D eigenvalue weighted by molar-refractivity contribution is 5.56. The van der Waals surface area contributed by atoms with E-state index in [4.69, 9.17) is 5.73 Å². The van der Waals surface area contributed by atoms with Crippen molar-refractivity contribution in [3.05, 3.63) is 29.3 Å². The van der Waals surface area contributed by atoms with E-state index in [1.165, 1.54) is 55.5 Å². The number of fused-ring (bicyclic) bond motifs is 1. The second-order valence-electron chi connectivity index (χ2n) is 7.02. The highest BCUT2D eigenvalue weighted by Gasteiger charge is 2.29. The largest absolute Gasteiger partial charge is 0.371 e. The van der Waals surface area contributed by atoms with E-state index in [0.29, 0.717) is 12.0 Å². The summed E-state index contributed by atoms with van der Waals surface area (Å²) in [6.07, 6.45) is 6.35. The molecule has 2 aliphatic rings. The smallest absolute Gasteiger partial charge is 0.0399 e. The molecule has 3 rings (SSSR count). The van der Waals surface area contributed by atoms with Crippen LogP contribution in [0.2, 0.25) is 0 Å². The fraction of sp³-hybridized carbons (Fsp3) is 0.667. The average Bonchev–Trinajstić information content (AvgIpc) is 2.43. The molecule has 1 heterocycles. The number of benzene rings is 1. The minimum absolute atomic E-state index is 0.405. The number of aryl methyl sites for hydroxylation is 2. The molecule has 1 fully saturated rings. The molecule has 0 bridgehead atoms. The Labute approximate surface area is 123 Å². The van der Waals surface area contributed by atoms with Gasteiger partial charge in [0.1, 0.15) is 0 Å². The van der Waals surface area contributed by atoms with Gasteiger partial charge in [-0.05, 0) is 62.5 Å². The Kier molecular flexibility index (Phi) is 4.02. The van der Waals surface area contributed by atoms with Gasteiger partial charge in [0.2, 0.25) is 0 Å². The summed E-state index contributed by atoms with van der Waals surface area (Å²) in [6, 6.07) is 7.34. The van der Waals surface area contributed by atoms with Crippen molar-refractivity contribution in [3.63, 3.8) is 0 Å². The number of hydrogen-bond donors (Lipinski definition) is 1. The summed E-state index contributed by atoms with van der Waals surface area (Å²) in [4.78, 5) is 2.60. The van der Waals surface area contributed by atoms with Crippen LogP contribution in [0.15, 0.2) is 18.2 Å². The Morgan fingerprint density at radius 2 is 2.15 bits per heavy atom. The summed E-state index contributed by atoms with van der Waals surface area (Å²) >= 11 is 0. The van der Waals surface area contributed by atoms with Crippen molar-refractivity contribution in [1.82, 2.24) is 0 Å². The first-order valence-electron chi connectivity index (χ1n) is 8.23. The van der Waals surface area contributed by atoms with E-state index in [-0.39, 0.29) is 0 Å². The first-order chi connectivity index (χ1) is 9.63.